The molecule has 0 atom stereocenters. The molecule has 0 spiro atoms. The highest BCUT2D eigenvalue weighted by molar-refractivity contribution is 5.53. The van der Waals surface area contributed by atoms with Crippen molar-refractivity contribution in [2.75, 3.05) is 11.5 Å². The summed E-state index contributed by atoms with van der Waals surface area (Å²) in [5.74, 6) is 0. The summed E-state index contributed by atoms with van der Waals surface area (Å²) in [6.45, 7) is 18.6. The Hall–Kier alpha value is -3.52. The number of unbranched alkanes of at least 4 members (excludes halogenated alkanes) is 3. The van der Waals surface area contributed by atoms with Gasteiger partial charge in [-0.15, -0.1) is 0 Å². The zero-order valence-corrected chi connectivity index (χ0v) is 27.4. The molecule has 0 unspecified atom stereocenters. The average Bonchev–Trinajstić information content (AvgIpc) is 2.98. The third-order valence-electron chi connectivity index (χ3n) is 10.2. The molecule has 0 aliphatic rings. The van der Waals surface area contributed by atoms with Gasteiger partial charge in [0, 0.05) is 11.4 Å². The summed E-state index contributed by atoms with van der Waals surface area (Å²) in [6.07, 6.45) is 9.39. The molecule has 4 aromatic carbocycles. The summed E-state index contributed by atoms with van der Waals surface area (Å²) >= 11 is 0. The molecule has 0 aliphatic heterocycles. The maximum Gasteiger partial charge on any atom is 0.0314 e. The Morgan fingerprint density at radius 1 is 0.357 bits per heavy atom. The zero-order chi connectivity index (χ0) is 30.6. The van der Waals surface area contributed by atoms with Crippen LogP contribution in [-0.4, -0.2) is 0 Å². The first-order chi connectivity index (χ1) is 20.0. The number of hydrogen-bond acceptors (Lipinski definition) is 2. The van der Waals surface area contributed by atoms with Gasteiger partial charge in [0.2, 0.25) is 0 Å². The summed E-state index contributed by atoms with van der Waals surface area (Å²) in [4.78, 5) is 0. The van der Waals surface area contributed by atoms with Gasteiger partial charge < -0.3 is 11.5 Å². The third-order valence-corrected chi connectivity index (χ3v) is 10.2. The third kappa shape index (κ3) is 6.92. The van der Waals surface area contributed by atoms with Crippen molar-refractivity contribution in [3.63, 3.8) is 0 Å². The summed E-state index contributed by atoms with van der Waals surface area (Å²) in [7, 11) is 0. The molecule has 0 saturated heterocycles. The number of nitrogens with two attached hydrogens (primary N) is 2. The lowest BCUT2D eigenvalue weighted by atomic mass is 9.84. The molecule has 42 heavy (non-hydrogen) atoms. The van der Waals surface area contributed by atoms with E-state index < -0.39 is 0 Å². The summed E-state index contributed by atoms with van der Waals surface area (Å²) in [5, 5.41) is 0. The van der Waals surface area contributed by atoms with Gasteiger partial charge in [0.25, 0.3) is 0 Å². The molecule has 4 aromatic rings. The van der Waals surface area contributed by atoms with E-state index >= 15 is 0 Å². The lowest BCUT2D eigenvalue weighted by Crippen LogP contribution is -2.07. The predicted molar refractivity (Wildman–Crippen MR) is 184 cm³/mol. The van der Waals surface area contributed by atoms with Crippen molar-refractivity contribution in [2.24, 2.45) is 0 Å². The summed E-state index contributed by atoms with van der Waals surface area (Å²) < 4.78 is 0. The smallest absolute Gasteiger partial charge is 0.0314 e. The van der Waals surface area contributed by atoms with Crippen LogP contribution in [0.15, 0.2) is 48.5 Å². The second-order valence-corrected chi connectivity index (χ2v) is 12.7. The molecule has 2 heteroatoms. The van der Waals surface area contributed by atoms with Gasteiger partial charge in [0.1, 0.15) is 0 Å². The van der Waals surface area contributed by atoms with Crippen LogP contribution in [0, 0.1) is 55.4 Å². The van der Waals surface area contributed by atoms with Crippen molar-refractivity contribution in [3.8, 4) is 0 Å². The van der Waals surface area contributed by atoms with Crippen molar-refractivity contribution in [2.45, 2.75) is 107 Å². The fraction of sp³-hybridized carbons (Fsp3) is 0.400. The van der Waals surface area contributed by atoms with Gasteiger partial charge in [-0.1, -0.05) is 37.1 Å². The molecule has 0 bridgehead atoms. The molecule has 4 N–H and O–H groups in total. The largest absolute Gasteiger partial charge is 0.399 e. The Kier molecular flexibility index (Phi) is 10.2. The minimum atomic E-state index is 0.828. The van der Waals surface area contributed by atoms with Crippen molar-refractivity contribution in [1.82, 2.24) is 0 Å². The number of hydrogen-bond donors (Lipinski definition) is 2. The minimum absolute atomic E-state index is 0.828. The van der Waals surface area contributed by atoms with E-state index in [-0.39, 0.29) is 0 Å². The average molecular weight is 561 g/mol. The number of anilines is 2. The quantitative estimate of drug-likeness (QED) is 0.142. The van der Waals surface area contributed by atoms with Gasteiger partial charge in [0.05, 0.1) is 0 Å². The molecule has 4 rings (SSSR count). The number of nitrogen functional groups attached to an aromatic ring is 2. The van der Waals surface area contributed by atoms with E-state index in [9.17, 15) is 0 Å². The minimum Gasteiger partial charge on any atom is -0.399 e. The van der Waals surface area contributed by atoms with Crippen molar-refractivity contribution < 1.29 is 0 Å². The van der Waals surface area contributed by atoms with Crippen LogP contribution in [0.25, 0.3) is 0 Å². The fourth-order valence-electron chi connectivity index (χ4n) is 6.85. The highest BCUT2D eigenvalue weighted by Gasteiger charge is 2.17. The highest BCUT2D eigenvalue weighted by Crippen LogP contribution is 2.32. The van der Waals surface area contributed by atoms with Gasteiger partial charge in [-0.2, -0.15) is 0 Å². The Bertz CT molecular complexity index is 1360. The molecule has 0 radical (unpaired) electrons. The number of benzene rings is 4. The van der Waals surface area contributed by atoms with Gasteiger partial charge in [-0.3, -0.25) is 0 Å². The molecule has 222 valence electrons. The van der Waals surface area contributed by atoms with Crippen LogP contribution >= 0.6 is 0 Å². The highest BCUT2D eigenvalue weighted by atomic mass is 14.5. The van der Waals surface area contributed by atoms with Crippen LogP contribution < -0.4 is 11.5 Å². The van der Waals surface area contributed by atoms with Crippen LogP contribution in [0.1, 0.15) is 104 Å². The second-order valence-electron chi connectivity index (χ2n) is 12.7. The van der Waals surface area contributed by atoms with Crippen LogP contribution in [-0.2, 0) is 25.7 Å². The standard InChI is InChI=1S/C40H52N2/c1-25-29(5)39(23-33-15-19-35(41)20-16-33)30(6)26(2)37(25)13-11-9-10-12-14-38-27(3)31(7)40(32(8)28(38)4)24-34-17-21-36(42)22-18-34/h15-22H,9-14,23-24,41-42H2,1-8H3. The molecular weight excluding hydrogens is 508 g/mol. The van der Waals surface area contributed by atoms with Gasteiger partial charge in [-0.05, 0) is 196 Å². The van der Waals surface area contributed by atoms with E-state index in [1.807, 2.05) is 24.3 Å². The van der Waals surface area contributed by atoms with Crippen LogP contribution in [0.5, 0.6) is 0 Å². The molecule has 0 aromatic heterocycles. The number of rotatable bonds is 11. The van der Waals surface area contributed by atoms with Crippen LogP contribution in [0.3, 0.4) is 0 Å². The van der Waals surface area contributed by atoms with Crippen molar-refractivity contribution in [3.05, 3.63) is 126 Å². The Labute approximate surface area is 255 Å². The fourth-order valence-corrected chi connectivity index (χ4v) is 6.85. The van der Waals surface area contributed by atoms with Gasteiger partial charge >= 0.3 is 0 Å². The van der Waals surface area contributed by atoms with Crippen molar-refractivity contribution in [1.29, 1.82) is 0 Å². The first-order valence-corrected chi connectivity index (χ1v) is 15.8. The monoisotopic (exact) mass is 560 g/mol. The SMILES string of the molecule is Cc1c(C)c(Cc2ccc(N)cc2)c(C)c(C)c1CCCCCCc1c(C)c(C)c(Cc2ccc(N)cc2)c(C)c1C. The molecular formula is C40H52N2. The molecule has 0 saturated carbocycles. The zero-order valence-electron chi connectivity index (χ0n) is 27.4. The maximum absolute atomic E-state index is 5.91. The Morgan fingerprint density at radius 3 is 0.905 bits per heavy atom. The maximum atomic E-state index is 5.91. The molecule has 2 nitrogen and oxygen atoms in total. The Balaban J connectivity index is 1.35. The van der Waals surface area contributed by atoms with Crippen LogP contribution in [0.2, 0.25) is 0 Å². The van der Waals surface area contributed by atoms with E-state index in [0.717, 1.165) is 24.2 Å². The molecule has 0 heterocycles. The first-order valence-electron chi connectivity index (χ1n) is 15.8. The normalized spacial score (nSPS) is 11.3. The van der Waals surface area contributed by atoms with E-state index in [0.29, 0.717) is 0 Å². The molecule has 0 amide bonds. The van der Waals surface area contributed by atoms with Gasteiger partial charge in [-0.25, -0.2) is 0 Å². The predicted octanol–water partition coefficient (Wildman–Crippen LogP) is 9.85. The van der Waals surface area contributed by atoms with Gasteiger partial charge in [0.15, 0.2) is 0 Å². The van der Waals surface area contributed by atoms with E-state index in [4.69, 9.17) is 11.5 Å². The van der Waals surface area contributed by atoms with Crippen LogP contribution in [0.4, 0.5) is 11.4 Å². The topological polar surface area (TPSA) is 52.0 Å². The molecule has 0 aliphatic carbocycles. The first kappa shape index (κ1) is 31.4. The lowest BCUT2D eigenvalue weighted by Gasteiger charge is -2.21. The van der Waals surface area contributed by atoms with E-state index in [2.05, 4.69) is 79.7 Å². The molecule has 0 fully saturated rings. The Morgan fingerprint density at radius 2 is 0.619 bits per heavy atom. The van der Waals surface area contributed by atoms with E-state index in [1.54, 1.807) is 11.1 Å². The van der Waals surface area contributed by atoms with Crippen molar-refractivity contribution >= 4 is 11.4 Å². The summed E-state index contributed by atoms with van der Waals surface area (Å²) in [5.41, 5.74) is 34.0. The summed E-state index contributed by atoms with van der Waals surface area (Å²) in [6, 6.07) is 16.7. The lowest BCUT2D eigenvalue weighted by molar-refractivity contribution is 0.636. The van der Waals surface area contributed by atoms with E-state index in [1.165, 1.54) is 105 Å². The second kappa shape index (κ2) is 13.6.